The van der Waals surface area contributed by atoms with E-state index in [1.54, 1.807) is 30.3 Å². The standard InChI is InChI=1S/C22H20Cl2N2O3/c1-4-7-15-10-14(12-19(28-3)21(15)29-5-2)11-16(13-25)22(27)26-18-9-6-8-17(23)20(18)24/h4,6,8-12H,1,5,7H2,2-3H3,(H,26,27)/b16-11-. The zero-order chi connectivity index (χ0) is 21.4. The summed E-state index contributed by atoms with van der Waals surface area (Å²) in [5.74, 6) is 0.517. The molecule has 0 aliphatic carbocycles. The lowest BCUT2D eigenvalue weighted by molar-refractivity contribution is -0.112. The van der Waals surface area contributed by atoms with Crippen molar-refractivity contribution in [1.29, 1.82) is 5.26 Å². The molecule has 150 valence electrons. The largest absolute Gasteiger partial charge is 0.493 e. The number of allylic oxidation sites excluding steroid dienone is 1. The maximum atomic E-state index is 12.6. The highest BCUT2D eigenvalue weighted by molar-refractivity contribution is 6.44. The maximum absolute atomic E-state index is 12.6. The van der Waals surface area contributed by atoms with Crippen LogP contribution in [-0.4, -0.2) is 19.6 Å². The molecule has 0 aliphatic heterocycles. The molecule has 7 heteroatoms. The summed E-state index contributed by atoms with van der Waals surface area (Å²) in [4.78, 5) is 12.6. The highest BCUT2D eigenvalue weighted by Crippen LogP contribution is 2.34. The maximum Gasteiger partial charge on any atom is 0.266 e. The number of ether oxygens (including phenoxy) is 2. The van der Waals surface area contributed by atoms with Crippen LogP contribution in [0.4, 0.5) is 5.69 Å². The number of halogens is 2. The molecule has 5 nitrogen and oxygen atoms in total. The third-order valence-electron chi connectivity index (χ3n) is 3.90. The number of nitrogens with zero attached hydrogens (tertiary/aromatic N) is 1. The Morgan fingerprint density at radius 1 is 1.34 bits per heavy atom. The minimum Gasteiger partial charge on any atom is -0.493 e. The van der Waals surface area contributed by atoms with Gasteiger partial charge in [-0.05, 0) is 49.2 Å². The topological polar surface area (TPSA) is 71.4 Å². The van der Waals surface area contributed by atoms with Crippen LogP contribution in [0.25, 0.3) is 6.08 Å². The monoisotopic (exact) mass is 430 g/mol. The summed E-state index contributed by atoms with van der Waals surface area (Å²) >= 11 is 12.1. The molecule has 0 unspecified atom stereocenters. The third kappa shape index (κ3) is 5.54. The Bertz CT molecular complexity index is 994. The Kier molecular flexibility index (Phi) is 8.14. The molecule has 2 aromatic carbocycles. The number of benzene rings is 2. The molecule has 0 aromatic heterocycles. The van der Waals surface area contributed by atoms with Gasteiger partial charge in [-0.2, -0.15) is 5.26 Å². The fourth-order valence-corrected chi connectivity index (χ4v) is 2.99. The van der Waals surface area contributed by atoms with Crippen molar-refractivity contribution in [2.75, 3.05) is 19.0 Å². The van der Waals surface area contributed by atoms with Crippen LogP contribution in [0.5, 0.6) is 11.5 Å². The smallest absolute Gasteiger partial charge is 0.266 e. The fourth-order valence-electron chi connectivity index (χ4n) is 2.64. The number of rotatable bonds is 8. The fraction of sp³-hybridized carbons (Fsp3) is 0.182. The van der Waals surface area contributed by atoms with Crippen LogP contribution in [0.1, 0.15) is 18.1 Å². The predicted octanol–water partition coefficient (Wildman–Crippen LogP) is 5.67. The molecule has 1 amide bonds. The predicted molar refractivity (Wildman–Crippen MR) is 117 cm³/mol. The summed E-state index contributed by atoms with van der Waals surface area (Å²) < 4.78 is 11.1. The highest BCUT2D eigenvalue weighted by atomic mass is 35.5. The van der Waals surface area contributed by atoms with Gasteiger partial charge >= 0.3 is 0 Å². The van der Waals surface area contributed by atoms with Gasteiger partial charge in [0.1, 0.15) is 11.6 Å². The van der Waals surface area contributed by atoms with Crippen molar-refractivity contribution in [2.24, 2.45) is 0 Å². The van der Waals surface area contributed by atoms with Gasteiger partial charge in [-0.1, -0.05) is 35.3 Å². The van der Waals surface area contributed by atoms with E-state index >= 15 is 0 Å². The van der Waals surface area contributed by atoms with Gasteiger partial charge in [0.25, 0.3) is 5.91 Å². The summed E-state index contributed by atoms with van der Waals surface area (Å²) in [5, 5.41) is 12.6. The molecule has 1 N–H and O–H groups in total. The van der Waals surface area contributed by atoms with Crippen LogP contribution in [0.3, 0.4) is 0 Å². The Morgan fingerprint density at radius 2 is 2.10 bits per heavy atom. The van der Waals surface area contributed by atoms with E-state index < -0.39 is 5.91 Å². The number of anilines is 1. The number of amides is 1. The lowest BCUT2D eigenvalue weighted by Gasteiger charge is -2.15. The lowest BCUT2D eigenvalue weighted by atomic mass is 10.0. The SMILES string of the molecule is C=CCc1cc(/C=C(/C#N)C(=O)Nc2cccc(Cl)c2Cl)cc(OC)c1OCC. The number of carbonyl (C=O) groups excluding carboxylic acids is 1. The van der Waals surface area contributed by atoms with Crippen LogP contribution in [0.15, 0.2) is 48.6 Å². The first-order valence-electron chi connectivity index (χ1n) is 8.76. The highest BCUT2D eigenvalue weighted by Gasteiger charge is 2.15. The van der Waals surface area contributed by atoms with Crippen molar-refractivity contribution >= 4 is 40.9 Å². The van der Waals surface area contributed by atoms with Crippen molar-refractivity contribution in [1.82, 2.24) is 0 Å². The van der Waals surface area contributed by atoms with Crippen LogP contribution in [0, 0.1) is 11.3 Å². The van der Waals surface area contributed by atoms with Gasteiger partial charge in [0.2, 0.25) is 0 Å². The van der Waals surface area contributed by atoms with E-state index in [1.165, 1.54) is 13.2 Å². The van der Waals surface area contributed by atoms with Crippen molar-refractivity contribution in [3.63, 3.8) is 0 Å². The van der Waals surface area contributed by atoms with Gasteiger partial charge in [0.15, 0.2) is 11.5 Å². The molecular formula is C22H20Cl2N2O3. The Balaban J connectivity index is 2.42. The van der Waals surface area contributed by atoms with Crippen molar-refractivity contribution in [3.05, 3.63) is 69.7 Å². The zero-order valence-electron chi connectivity index (χ0n) is 16.1. The van der Waals surface area contributed by atoms with E-state index in [-0.39, 0.29) is 10.6 Å². The minimum absolute atomic E-state index is 0.100. The van der Waals surface area contributed by atoms with Crippen LogP contribution < -0.4 is 14.8 Å². The van der Waals surface area contributed by atoms with Crippen LogP contribution in [0.2, 0.25) is 10.0 Å². The Hall–Kier alpha value is -2.94. The molecule has 2 aromatic rings. The Morgan fingerprint density at radius 3 is 2.72 bits per heavy atom. The van der Waals surface area contributed by atoms with E-state index in [9.17, 15) is 10.1 Å². The second kappa shape index (κ2) is 10.6. The Labute approximate surface area is 180 Å². The van der Waals surface area contributed by atoms with E-state index in [4.69, 9.17) is 32.7 Å². The minimum atomic E-state index is -0.602. The zero-order valence-corrected chi connectivity index (χ0v) is 17.6. The van der Waals surface area contributed by atoms with Gasteiger partial charge in [-0.15, -0.1) is 6.58 Å². The average Bonchev–Trinajstić information content (AvgIpc) is 2.71. The van der Waals surface area contributed by atoms with E-state index in [2.05, 4.69) is 11.9 Å². The summed E-state index contributed by atoms with van der Waals surface area (Å²) in [6, 6.07) is 10.3. The molecule has 0 radical (unpaired) electrons. The number of nitriles is 1. The molecular weight excluding hydrogens is 411 g/mol. The van der Waals surface area contributed by atoms with E-state index in [0.717, 1.165) is 5.56 Å². The van der Waals surface area contributed by atoms with E-state index in [1.807, 2.05) is 19.1 Å². The first kappa shape index (κ1) is 22.4. The molecule has 2 rings (SSSR count). The summed E-state index contributed by atoms with van der Waals surface area (Å²) in [6.07, 6.45) is 3.75. The molecule has 0 atom stereocenters. The number of nitrogens with one attached hydrogen (secondary N) is 1. The quantitative estimate of drug-likeness (QED) is 0.332. The van der Waals surface area contributed by atoms with Crippen molar-refractivity contribution in [3.8, 4) is 17.6 Å². The normalized spacial score (nSPS) is 10.8. The molecule has 0 aliphatic rings. The molecule has 0 fully saturated rings. The molecule has 0 bridgehead atoms. The average molecular weight is 431 g/mol. The van der Waals surface area contributed by atoms with E-state index in [0.29, 0.717) is 40.8 Å². The number of methoxy groups -OCH3 is 1. The number of hydrogen-bond acceptors (Lipinski definition) is 4. The first-order valence-corrected chi connectivity index (χ1v) is 9.52. The first-order chi connectivity index (χ1) is 13.9. The van der Waals surface area contributed by atoms with Gasteiger partial charge in [-0.25, -0.2) is 0 Å². The molecule has 0 heterocycles. The van der Waals surface area contributed by atoms with Crippen LogP contribution in [-0.2, 0) is 11.2 Å². The van der Waals surface area contributed by atoms with Gasteiger partial charge in [-0.3, -0.25) is 4.79 Å². The molecule has 0 saturated heterocycles. The summed E-state index contributed by atoms with van der Waals surface area (Å²) in [6.45, 7) is 6.11. The van der Waals surface area contributed by atoms with Gasteiger partial charge < -0.3 is 14.8 Å². The molecule has 0 spiro atoms. The van der Waals surface area contributed by atoms with Crippen LogP contribution >= 0.6 is 23.2 Å². The second-order valence-electron chi connectivity index (χ2n) is 5.86. The molecule has 29 heavy (non-hydrogen) atoms. The molecule has 0 saturated carbocycles. The summed E-state index contributed by atoms with van der Waals surface area (Å²) in [7, 11) is 1.53. The van der Waals surface area contributed by atoms with Crippen molar-refractivity contribution < 1.29 is 14.3 Å². The number of hydrogen-bond donors (Lipinski definition) is 1. The van der Waals surface area contributed by atoms with Gasteiger partial charge in [0, 0.05) is 5.56 Å². The second-order valence-corrected chi connectivity index (χ2v) is 6.65. The van der Waals surface area contributed by atoms with Crippen molar-refractivity contribution in [2.45, 2.75) is 13.3 Å². The number of carbonyl (C=O) groups is 1. The lowest BCUT2D eigenvalue weighted by Crippen LogP contribution is -2.13. The summed E-state index contributed by atoms with van der Waals surface area (Å²) in [5.41, 5.74) is 1.67. The third-order valence-corrected chi connectivity index (χ3v) is 4.72. The van der Waals surface area contributed by atoms with Gasteiger partial charge in [0.05, 0.1) is 29.4 Å².